The summed E-state index contributed by atoms with van der Waals surface area (Å²) in [4.78, 5) is 0. The second kappa shape index (κ2) is 7.98. The molecule has 0 saturated carbocycles. The number of nitrogens with zero attached hydrogens (tertiary/aromatic N) is 2. The van der Waals surface area contributed by atoms with Gasteiger partial charge in [0.15, 0.2) is 5.11 Å². The molecule has 0 amide bonds. The van der Waals surface area contributed by atoms with Gasteiger partial charge in [0.2, 0.25) is 0 Å². The molecule has 0 aliphatic rings. The van der Waals surface area contributed by atoms with E-state index in [1.54, 1.807) is 23.1 Å². The van der Waals surface area contributed by atoms with Gasteiger partial charge in [0.1, 0.15) is 0 Å². The Morgan fingerprint density at radius 1 is 1.11 bits per heavy atom. The van der Waals surface area contributed by atoms with E-state index in [1.807, 2.05) is 18.2 Å². The summed E-state index contributed by atoms with van der Waals surface area (Å²) in [6, 6.07) is 12.5. The second-order valence-corrected chi connectivity index (χ2v) is 6.52. The molecule has 0 aliphatic carbocycles. The van der Waals surface area contributed by atoms with Crippen LogP contribution in [0.3, 0.4) is 0 Å². The Hall–Kier alpha value is -2.58. The van der Waals surface area contributed by atoms with Crippen molar-refractivity contribution >= 4 is 40.3 Å². The minimum absolute atomic E-state index is 0.0611. The monoisotopic (exact) mass is 410 g/mol. The van der Waals surface area contributed by atoms with Crippen LogP contribution in [0.15, 0.2) is 60.9 Å². The van der Waals surface area contributed by atoms with Gasteiger partial charge in [-0.1, -0.05) is 35.9 Å². The number of alkyl halides is 3. The van der Waals surface area contributed by atoms with Crippen LogP contribution in [0.4, 0.5) is 24.5 Å². The summed E-state index contributed by atoms with van der Waals surface area (Å²) in [6.45, 7) is 0.499. The molecular weight excluding hydrogens is 397 g/mol. The lowest BCUT2D eigenvalue weighted by molar-refractivity contribution is -0.136. The van der Waals surface area contributed by atoms with Gasteiger partial charge in [-0.05, 0) is 42.0 Å². The zero-order valence-corrected chi connectivity index (χ0v) is 15.4. The van der Waals surface area contributed by atoms with Crippen LogP contribution >= 0.6 is 23.8 Å². The first-order valence-corrected chi connectivity index (χ1v) is 8.61. The number of halogens is 4. The molecule has 0 atom stereocenters. The van der Waals surface area contributed by atoms with Crippen LogP contribution in [0.2, 0.25) is 5.02 Å². The lowest BCUT2D eigenvalue weighted by atomic mass is 10.1. The van der Waals surface area contributed by atoms with Crippen LogP contribution in [0.5, 0.6) is 0 Å². The molecule has 3 aromatic rings. The van der Waals surface area contributed by atoms with Gasteiger partial charge in [-0.25, -0.2) is 0 Å². The number of aromatic nitrogens is 2. The van der Waals surface area contributed by atoms with E-state index in [1.165, 1.54) is 18.2 Å². The van der Waals surface area contributed by atoms with Crippen LogP contribution < -0.4 is 10.6 Å². The van der Waals surface area contributed by atoms with E-state index in [9.17, 15) is 13.2 Å². The zero-order chi connectivity index (χ0) is 19.4. The number of para-hydroxylation sites is 1. The number of thiocarbonyl (C=S) groups is 1. The average molecular weight is 411 g/mol. The summed E-state index contributed by atoms with van der Waals surface area (Å²) in [7, 11) is 0. The Bertz CT molecular complexity index is 956. The molecule has 9 heteroatoms. The molecule has 0 radical (unpaired) electrons. The molecule has 27 heavy (non-hydrogen) atoms. The molecule has 3 rings (SSSR count). The maximum atomic E-state index is 13.1. The number of rotatable bonds is 4. The highest BCUT2D eigenvalue weighted by Gasteiger charge is 2.33. The van der Waals surface area contributed by atoms with Crippen LogP contribution in [0.1, 0.15) is 11.1 Å². The SMILES string of the molecule is FC(F)(F)c1ccccc1NC(=S)Nc1cccc(Cn2cc(Cl)cn2)c1. The fourth-order valence-electron chi connectivity index (χ4n) is 2.48. The van der Waals surface area contributed by atoms with Gasteiger partial charge in [-0.15, -0.1) is 0 Å². The maximum absolute atomic E-state index is 13.1. The molecule has 1 aromatic heterocycles. The standard InChI is InChI=1S/C18H14ClF3N4S/c19-13-9-23-26(11-13)10-12-4-3-5-14(8-12)24-17(27)25-16-7-2-1-6-15(16)18(20,21)22/h1-9,11H,10H2,(H2,24,25,27). The van der Waals surface area contributed by atoms with Gasteiger partial charge >= 0.3 is 6.18 Å². The minimum atomic E-state index is -4.47. The van der Waals surface area contributed by atoms with Crippen molar-refractivity contribution in [2.24, 2.45) is 0 Å². The molecule has 0 fully saturated rings. The molecule has 1 heterocycles. The number of anilines is 2. The van der Waals surface area contributed by atoms with Crippen molar-refractivity contribution < 1.29 is 13.2 Å². The van der Waals surface area contributed by atoms with Gasteiger partial charge in [-0.2, -0.15) is 18.3 Å². The highest BCUT2D eigenvalue weighted by atomic mass is 35.5. The largest absolute Gasteiger partial charge is 0.418 e. The number of hydrogen-bond acceptors (Lipinski definition) is 2. The fourth-order valence-corrected chi connectivity index (χ4v) is 2.87. The Balaban J connectivity index is 1.69. The maximum Gasteiger partial charge on any atom is 0.418 e. The van der Waals surface area contributed by atoms with E-state index in [2.05, 4.69) is 15.7 Å². The Labute approximate surface area is 164 Å². The van der Waals surface area contributed by atoms with Crippen molar-refractivity contribution in [3.05, 3.63) is 77.1 Å². The van der Waals surface area contributed by atoms with Crippen molar-refractivity contribution in [3.63, 3.8) is 0 Å². The summed E-state index contributed by atoms with van der Waals surface area (Å²) in [5.41, 5.74) is 0.689. The van der Waals surface area contributed by atoms with Crippen molar-refractivity contribution in [1.29, 1.82) is 0 Å². The summed E-state index contributed by atoms with van der Waals surface area (Å²) in [5.74, 6) is 0. The van der Waals surface area contributed by atoms with E-state index in [0.717, 1.165) is 11.6 Å². The third kappa shape index (κ3) is 5.21. The Morgan fingerprint density at radius 3 is 2.59 bits per heavy atom. The number of nitrogens with one attached hydrogen (secondary N) is 2. The third-order valence-electron chi connectivity index (χ3n) is 3.61. The lowest BCUT2D eigenvalue weighted by Gasteiger charge is -2.16. The van der Waals surface area contributed by atoms with Gasteiger partial charge < -0.3 is 10.6 Å². The molecule has 0 spiro atoms. The highest BCUT2D eigenvalue weighted by Crippen LogP contribution is 2.34. The predicted molar refractivity (Wildman–Crippen MR) is 104 cm³/mol. The van der Waals surface area contributed by atoms with Gasteiger partial charge in [-0.3, -0.25) is 4.68 Å². The van der Waals surface area contributed by atoms with Crippen molar-refractivity contribution in [1.82, 2.24) is 9.78 Å². The van der Waals surface area contributed by atoms with Crippen LogP contribution in [-0.4, -0.2) is 14.9 Å². The molecule has 0 bridgehead atoms. The molecule has 0 aliphatic heterocycles. The van der Waals surface area contributed by atoms with Gasteiger partial charge in [0.25, 0.3) is 0 Å². The summed E-state index contributed by atoms with van der Waals surface area (Å²) in [6.07, 6.45) is -1.23. The summed E-state index contributed by atoms with van der Waals surface area (Å²) < 4.78 is 40.9. The lowest BCUT2D eigenvalue weighted by Crippen LogP contribution is -2.21. The van der Waals surface area contributed by atoms with E-state index in [4.69, 9.17) is 23.8 Å². The van der Waals surface area contributed by atoms with Crippen LogP contribution in [0.25, 0.3) is 0 Å². The summed E-state index contributed by atoms with van der Waals surface area (Å²) >= 11 is 11.0. The van der Waals surface area contributed by atoms with E-state index in [-0.39, 0.29) is 10.8 Å². The molecule has 2 aromatic carbocycles. The number of hydrogen-bond donors (Lipinski definition) is 2. The first kappa shape index (κ1) is 19.2. The van der Waals surface area contributed by atoms with E-state index in [0.29, 0.717) is 17.3 Å². The number of benzene rings is 2. The van der Waals surface area contributed by atoms with Gasteiger partial charge in [0, 0.05) is 11.9 Å². The third-order valence-corrected chi connectivity index (χ3v) is 4.01. The molecular formula is C18H14ClF3N4S. The predicted octanol–water partition coefficient (Wildman–Crippen LogP) is 5.41. The first-order valence-electron chi connectivity index (χ1n) is 7.82. The minimum Gasteiger partial charge on any atom is -0.332 e. The molecule has 140 valence electrons. The van der Waals surface area contributed by atoms with Crippen LogP contribution in [0, 0.1) is 0 Å². The Kier molecular flexibility index (Phi) is 5.67. The van der Waals surface area contributed by atoms with Gasteiger partial charge in [0.05, 0.1) is 29.0 Å². The first-order chi connectivity index (χ1) is 12.8. The van der Waals surface area contributed by atoms with E-state index >= 15 is 0 Å². The molecule has 0 saturated heterocycles. The van der Waals surface area contributed by atoms with Crippen LogP contribution in [-0.2, 0) is 12.7 Å². The van der Waals surface area contributed by atoms with Crippen molar-refractivity contribution in [2.45, 2.75) is 12.7 Å². The highest BCUT2D eigenvalue weighted by molar-refractivity contribution is 7.80. The summed E-state index contributed by atoms with van der Waals surface area (Å²) in [5, 5.41) is 10.2. The fraction of sp³-hybridized carbons (Fsp3) is 0.111. The van der Waals surface area contributed by atoms with Crippen molar-refractivity contribution in [3.8, 4) is 0 Å². The van der Waals surface area contributed by atoms with Crippen molar-refractivity contribution in [2.75, 3.05) is 10.6 Å². The molecule has 0 unspecified atom stereocenters. The Morgan fingerprint density at radius 2 is 1.89 bits per heavy atom. The quantitative estimate of drug-likeness (QED) is 0.564. The zero-order valence-electron chi connectivity index (χ0n) is 13.8. The molecule has 2 N–H and O–H groups in total. The molecule has 4 nitrogen and oxygen atoms in total. The second-order valence-electron chi connectivity index (χ2n) is 5.68. The van der Waals surface area contributed by atoms with E-state index < -0.39 is 11.7 Å². The normalized spacial score (nSPS) is 11.3. The topological polar surface area (TPSA) is 41.9 Å². The smallest absolute Gasteiger partial charge is 0.332 e. The average Bonchev–Trinajstić information content (AvgIpc) is 2.99.